The molecule has 0 saturated heterocycles. The summed E-state index contributed by atoms with van der Waals surface area (Å²) in [5, 5.41) is 0. The molecule has 0 radical (unpaired) electrons. The molecule has 3 nitrogen and oxygen atoms in total. The third-order valence-electron chi connectivity index (χ3n) is 0.385. The van der Waals surface area contributed by atoms with E-state index in [0.29, 0.717) is 0 Å². The van der Waals surface area contributed by atoms with Crippen LogP contribution in [0, 0.1) is 0 Å². The first-order chi connectivity index (χ1) is 4.04. The van der Waals surface area contributed by atoms with Gasteiger partial charge in [0.25, 0.3) is 23.8 Å². The van der Waals surface area contributed by atoms with Gasteiger partial charge in [0, 0.05) is 0 Å². The molecule has 0 aliphatic heterocycles. The lowest BCUT2D eigenvalue weighted by atomic mass is 10.7. The molecule has 0 saturated carbocycles. The van der Waals surface area contributed by atoms with Crippen LogP contribution < -0.4 is 0 Å². The molecular weight excluding hydrogens is 161 g/mol. The molecule has 0 spiro atoms. The molecule has 0 aliphatic rings. The van der Waals surface area contributed by atoms with Crippen LogP contribution in [0.5, 0.6) is 0 Å². The lowest BCUT2D eigenvalue weighted by molar-refractivity contribution is -0.0608. The van der Waals surface area contributed by atoms with E-state index in [0.717, 1.165) is 0 Å². The zero-order chi connectivity index (χ0) is 7.44. The van der Waals surface area contributed by atoms with Gasteiger partial charge in [-0.3, -0.25) is 0 Å². The van der Waals surface area contributed by atoms with Crippen LogP contribution in [0.25, 0.3) is 0 Å². The highest BCUT2D eigenvalue weighted by Gasteiger charge is 2.20. The van der Waals surface area contributed by atoms with E-state index in [2.05, 4.69) is 4.18 Å². The van der Waals surface area contributed by atoms with Gasteiger partial charge in [0.1, 0.15) is 0 Å². The van der Waals surface area contributed by atoms with Crippen molar-refractivity contribution in [2.24, 2.45) is 0 Å². The monoisotopic (exact) mass is 164 g/mol. The van der Waals surface area contributed by atoms with Crippen LogP contribution in [0.15, 0.2) is 0 Å². The standard InChI is InChI=1S/C2H3F3O3S/c3-1(4)2(5)8-9(6)7/h1-2,9H. The van der Waals surface area contributed by atoms with Crippen LogP contribution in [0.3, 0.4) is 0 Å². The van der Waals surface area contributed by atoms with Gasteiger partial charge in [-0.25, -0.2) is 25.8 Å². The summed E-state index contributed by atoms with van der Waals surface area (Å²) >= 11 is 0. The zero-order valence-corrected chi connectivity index (χ0v) is 4.85. The van der Waals surface area contributed by atoms with Gasteiger partial charge in [-0.15, -0.1) is 0 Å². The van der Waals surface area contributed by atoms with Gasteiger partial charge in [-0.1, -0.05) is 0 Å². The van der Waals surface area contributed by atoms with E-state index in [-0.39, 0.29) is 0 Å². The number of halogens is 3. The summed E-state index contributed by atoms with van der Waals surface area (Å²) in [5.41, 5.74) is 0. The molecular formula is C2H3F3O3S. The van der Waals surface area contributed by atoms with Crippen molar-refractivity contribution in [3.8, 4) is 0 Å². The molecule has 0 N–H and O–H groups in total. The van der Waals surface area contributed by atoms with Crippen molar-refractivity contribution in [3.63, 3.8) is 0 Å². The molecule has 1 unspecified atom stereocenters. The summed E-state index contributed by atoms with van der Waals surface area (Å²) in [5.74, 6) is 0. The van der Waals surface area contributed by atoms with Crippen molar-refractivity contribution in [3.05, 3.63) is 0 Å². The molecule has 56 valence electrons. The highest BCUT2D eigenvalue weighted by molar-refractivity contribution is 7.67. The van der Waals surface area contributed by atoms with E-state index >= 15 is 0 Å². The highest BCUT2D eigenvalue weighted by atomic mass is 32.2. The van der Waals surface area contributed by atoms with Gasteiger partial charge in [0.2, 0.25) is 0 Å². The topological polar surface area (TPSA) is 43.4 Å². The SMILES string of the molecule is O=[SH](=O)OC(F)C(F)F. The van der Waals surface area contributed by atoms with Crippen molar-refractivity contribution in [2.75, 3.05) is 0 Å². The molecule has 0 aliphatic carbocycles. The fourth-order valence-corrected chi connectivity index (χ4v) is 0.385. The largest absolute Gasteiger partial charge is 0.294 e. The van der Waals surface area contributed by atoms with Crippen molar-refractivity contribution >= 4 is 11.0 Å². The fraction of sp³-hybridized carbons (Fsp3) is 1.00. The number of hydrogen-bond donors (Lipinski definition) is 1. The smallest absolute Gasteiger partial charge is 0.229 e. The second-order valence-corrected chi connectivity index (χ2v) is 1.67. The molecule has 1 atom stereocenters. The van der Waals surface area contributed by atoms with Gasteiger partial charge in [0.15, 0.2) is 0 Å². The fourth-order valence-electron chi connectivity index (χ4n) is 0.128. The van der Waals surface area contributed by atoms with E-state index in [1.165, 1.54) is 0 Å². The predicted molar refractivity (Wildman–Crippen MR) is 22.3 cm³/mol. The van der Waals surface area contributed by atoms with Crippen LogP contribution in [0.4, 0.5) is 13.2 Å². The van der Waals surface area contributed by atoms with E-state index in [9.17, 15) is 21.6 Å². The normalized spacial score (nSPS) is 14.8. The minimum Gasteiger partial charge on any atom is -0.229 e. The van der Waals surface area contributed by atoms with Gasteiger partial charge in [-0.05, 0) is 0 Å². The van der Waals surface area contributed by atoms with E-state index in [1.807, 2.05) is 0 Å². The third kappa shape index (κ3) is 4.22. The summed E-state index contributed by atoms with van der Waals surface area (Å²) < 4.78 is 55.2. The summed E-state index contributed by atoms with van der Waals surface area (Å²) in [6.45, 7) is 0. The van der Waals surface area contributed by atoms with Crippen LogP contribution in [0.1, 0.15) is 0 Å². The van der Waals surface area contributed by atoms with Crippen molar-refractivity contribution in [1.82, 2.24) is 0 Å². The number of alkyl halides is 3. The van der Waals surface area contributed by atoms with Crippen molar-refractivity contribution < 1.29 is 25.8 Å². The Kier molecular flexibility index (Phi) is 3.55. The average molecular weight is 164 g/mol. The van der Waals surface area contributed by atoms with E-state index in [1.54, 1.807) is 0 Å². The van der Waals surface area contributed by atoms with E-state index < -0.39 is 23.8 Å². The molecule has 0 aromatic heterocycles. The zero-order valence-electron chi connectivity index (χ0n) is 3.96. The first-order valence-corrected chi connectivity index (χ1v) is 2.87. The Bertz CT molecular complexity index is 136. The van der Waals surface area contributed by atoms with Gasteiger partial charge in [-0.2, -0.15) is 0 Å². The van der Waals surface area contributed by atoms with Crippen LogP contribution in [0.2, 0.25) is 0 Å². The maximum absolute atomic E-state index is 11.4. The Morgan fingerprint density at radius 1 is 1.22 bits per heavy atom. The predicted octanol–water partition coefficient (Wildman–Crippen LogP) is 0.0901. The Morgan fingerprint density at radius 3 is 1.78 bits per heavy atom. The Balaban J connectivity index is 3.63. The first-order valence-electron chi connectivity index (χ1n) is 1.77. The Labute approximate surface area is 50.6 Å². The summed E-state index contributed by atoms with van der Waals surface area (Å²) in [7, 11) is -3.53. The van der Waals surface area contributed by atoms with Gasteiger partial charge in [0.05, 0.1) is 0 Å². The van der Waals surface area contributed by atoms with Gasteiger partial charge >= 0.3 is 0 Å². The first kappa shape index (κ1) is 8.70. The lowest BCUT2D eigenvalue weighted by Crippen LogP contribution is -2.14. The highest BCUT2D eigenvalue weighted by Crippen LogP contribution is 2.05. The average Bonchev–Trinajstić information content (AvgIpc) is 1.63. The molecule has 0 aromatic rings. The summed E-state index contributed by atoms with van der Waals surface area (Å²) in [6, 6.07) is 0. The Hall–Kier alpha value is -0.300. The maximum atomic E-state index is 11.4. The Morgan fingerprint density at radius 2 is 1.67 bits per heavy atom. The lowest BCUT2D eigenvalue weighted by Gasteiger charge is -1.99. The molecule has 0 amide bonds. The van der Waals surface area contributed by atoms with Crippen LogP contribution in [-0.2, 0) is 15.2 Å². The maximum Gasteiger partial charge on any atom is 0.294 e. The summed E-state index contributed by atoms with van der Waals surface area (Å²) in [4.78, 5) is 0. The molecule has 0 aromatic carbocycles. The molecule has 0 bridgehead atoms. The minimum absolute atomic E-state index is 3.04. The second kappa shape index (κ2) is 3.67. The number of rotatable bonds is 3. The number of hydrogen-bond acceptors (Lipinski definition) is 3. The van der Waals surface area contributed by atoms with Crippen molar-refractivity contribution in [1.29, 1.82) is 0 Å². The summed E-state index contributed by atoms with van der Waals surface area (Å²) in [6.07, 6.45) is -6.45. The van der Waals surface area contributed by atoms with Gasteiger partial charge < -0.3 is 0 Å². The quantitative estimate of drug-likeness (QED) is 0.601. The van der Waals surface area contributed by atoms with Crippen molar-refractivity contribution in [2.45, 2.75) is 12.8 Å². The van der Waals surface area contributed by atoms with Crippen LogP contribution in [-0.4, -0.2) is 21.2 Å². The van der Waals surface area contributed by atoms with E-state index in [4.69, 9.17) is 0 Å². The number of thiol groups is 1. The second-order valence-electron chi connectivity index (χ2n) is 1.01. The molecule has 0 heterocycles. The molecule has 0 rings (SSSR count). The third-order valence-corrected chi connectivity index (χ3v) is 0.758. The molecule has 7 heteroatoms. The minimum atomic E-state index is -3.53. The van der Waals surface area contributed by atoms with Crippen LogP contribution >= 0.6 is 0 Å². The molecule has 9 heavy (non-hydrogen) atoms. The molecule has 0 fully saturated rings.